The first-order valence-corrected chi connectivity index (χ1v) is 27.6. The van der Waals surface area contributed by atoms with Crippen LogP contribution in [0.4, 0.5) is 0 Å². The van der Waals surface area contributed by atoms with Crippen LogP contribution in [0.1, 0.15) is 17.7 Å². The zero-order valence-corrected chi connectivity index (χ0v) is 43.1. The van der Waals surface area contributed by atoms with Crippen LogP contribution in [0.2, 0.25) is 0 Å². The third-order valence-corrected chi connectivity index (χ3v) is 17.2. The van der Waals surface area contributed by atoms with E-state index in [1.54, 1.807) is 0 Å². The minimum atomic E-state index is 0.869. The molecule has 0 aliphatic heterocycles. The van der Waals surface area contributed by atoms with E-state index in [2.05, 4.69) is 276 Å². The summed E-state index contributed by atoms with van der Waals surface area (Å²) in [7, 11) is 0. The molecule has 13 aromatic carbocycles. The third-order valence-electron chi connectivity index (χ3n) is 17.2. The fourth-order valence-corrected chi connectivity index (χ4v) is 14.0. The maximum absolute atomic E-state index is 7.16. The van der Waals surface area contributed by atoms with Gasteiger partial charge in [-0.3, -0.25) is 0 Å². The number of hydrogen-bond acceptors (Lipinski definition) is 1. The monoisotopic (exact) mass is 1000 g/mol. The van der Waals surface area contributed by atoms with Gasteiger partial charge in [0.2, 0.25) is 0 Å². The van der Waals surface area contributed by atoms with Gasteiger partial charge < -0.3 is 13.6 Å². The van der Waals surface area contributed by atoms with E-state index in [0.29, 0.717) is 0 Å². The first-order chi connectivity index (χ1) is 39.3. The molecule has 3 heteroatoms. The summed E-state index contributed by atoms with van der Waals surface area (Å²) < 4.78 is 12.1. The zero-order valence-electron chi connectivity index (χ0n) is 43.1. The summed E-state index contributed by atoms with van der Waals surface area (Å²) in [6, 6.07) is 93.9. The molecule has 0 spiro atoms. The van der Waals surface area contributed by atoms with E-state index in [1.165, 1.54) is 126 Å². The lowest BCUT2D eigenvalue weighted by Gasteiger charge is -2.19. The summed E-state index contributed by atoms with van der Waals surface area (Å²) in [6.07, 6.45) is 6.73. The lowest BCUT2D eigenvalue weighted by atomic mass is 9.84. The smallest absolute Gasteiger partial charge is 0.143 e. The van der Waals surface area contributed by atoms with Crippen LogP contribution in [-0.4, -0.2) is 9.13 Å². The summed E-state index contributed by atoms with van der Waals surface area (Å²) in [6.45, 7) is 0. The van der Waals surface area contributed by atoms with Crippen molar-refractivity contribution >= 4 is 104 Å². The maximum atomic E-state index is 7.16. The van der Waals surface area contributed by atoms with Gasteiger partial charge in [0.25, 0.3) is 0 Å². The quantitative estimate of drug-likeness (QED) is 0.152. The molecule has 0 radical (unpaired) electrons. The molecule has 3 heterocycles. The molecule has 0 fully saturated rings. The molecule has 1 aliphatic carbocycles. The fraction of sp³-hybridized carbons (Fsp3) is 0.0263. The van der Waals surface area contributed by atoms with Crippen LogP contribution in [0.15, 0.2) is 265 Å². The number of para-hydroxylation sites is 6. The molecule has 0 atom stereocenters. The lowest BCUT2D eigenvalue weighted by Crippen LogP contribution is -2.01. The van der Waals surface area contributed by atoms with Crippen LogP contribution in [0.25, 0.3) is 160 Å². The number of benzene rings is 13. The molecule has 0 saturated carbocycles. The molecule has 16 aromatic rings. The minimum Gasteiger partial charge on any atom is -0.455 e. The standard InChI is InChI=1S/C76H48N2O/c1-3-22-48(23-4-1)77-67-42-17-15-26-50(67)60-36-19-39-63(74(60)77)71-54-30-9-7-28-52(54)70(53-29-8-10-31-55(53)71)47-44-45-69-66(46-47)62-38-21-41-65(76(62)79-69)73-58-34-13-11-32-56(58)72(57-33-12-14-35-59(57)73)64-40-20-37-61-51-27-16-18-43-68(51)78(75(61)64)49-24-5-2-6-25-49/h1-15,17-26,28-46H,16,27H2. The molecule has 0 unspecified atom stereocenters. The van der Waals surface area contributed by atoms with E-state index >= 15 is 0 Å². The Morgan fingerprint density at radius 3 is 1.34 bits per heavy atom. The van der Waals surface area contributed by atoms with Gasteiger partial charge in [-0.1, -0.05) is 218 Å². The number of hydrogen-bond donors (Lipinski definition) is 0. The Bertz CT molecular complexity index is 5130. The van der Waals surface area contributed by atoms with E-state index in [-0.39, 0.29) is 0 Å². The van der Waals surface area contributed by atoms with Gasteiger partial charge in [0.1, 0.15) is 11.2 Å². The molecule has 3 nitrogen and oxygen atoms in total. The Balaban J connectivity index is 0.880. The molecule has 0 saturated heterocycles. The highest BCUT2D eigenvalue weighted by Gasteiger charge is 2.27. The highest BCUT2D eigenvalue weighted by molar-refractivity contribution is 6.28. The summed E-state index contributed by atoms with van der Waals surface area (Å²) in [5.41, 5.74) is 20.0. The molecular weight excluding hydrogens is 957 g/mol. The zero-order chi connectivity index (χ0) is 51.7. The van der Waals surface area contributed by atoms with Gasteiger partial charge in [-0.25, -0.2) is 0 Å². The fourth-order valence-electron chi connectivity index (χ4n) is 14.0. The third kappa shape index (κ3) is 6.36. The van der Waals surface area contributed by atoms with Crippen LogP contribution in [-0.2, 0) is 6.42 Å². The maximum Gasteiger partial charge on any atom is 0.143 e. The van der Waals surface area contributed by atoms with Gasteiger partial charge in [0, 0.05) is 66.3 Å². The number of nitrogens with zero attached hydrogens (tertiary/aromatic N) is 2. The van der Waals surface area contributed by atoms with Crippen molar-refractivity contribution < 1.29 is 4.42 Å². The number of furan rings is 1. The SMILES string of the molecule is C1=Cc2c(c3cccc(-c4c5ccccc5c(-c5cccc6c5oc5ccc(-c7c8ccccc8c(-c8cccc9c%10ccccc%10n(-c%10ccccc%10)c89)c8ccccc78)cc56)c5ccccc45)c3n2-c2ccccc2)CC1. The van der Waals surface area contributed by atoms with Crippen molar-refractivity contribution in [2.75, 3.05) is 0 Å². The molecule has 0 bridgehead atoms. The molecule has 0 N–H and O–H groups in total. The summed E-state index contributed by atoms with van der Waals surface area (Å²) in [5, 5.41) is 15.7. The largest absolute Gasteiger partial charge is 0.455 e. The van der Waals surface area contributed by atoms with Gasteiger partial charge in [-0.2, -0.15) is 0 Å². The number of allylic oxidation sites excluding steroid dienone is 1. The Kier molecular flexibility index (Phi) is 9.54. The molecular formula is C76H48N2O. The van der Waals surface area contributed by atoms with Crippen LogP contribution < -0.4 is 0 Å². The molecule has 0 amide bonds. The van der Waals surface area contributed by atoms with Gasteiger partial charge in [0.15, 0.2) is 0 Å². The topological polar surface area (TPSA) is 23.0 Å². The first-order valence-electron chi connectivity index (χ1n) is 27.6. The van der Waals surface area contributed by atoms with Crippen molar-refractivity contribution in [3.63, 3.8) is 0 Å². The second-order valence-electron chi connectivity index (χ2n) is 21.2. The Morgan fingerprint density at radius 2 is 0.759 bits per heavy atom. The molecule has 368 valence electrons. The second-order valence-corrected chi connectivity index (χ2v) is 21.2. The highest BCUT2D eigenvalue weighted by Crippen LogP contribution is 2.51. The van der Waals surface area contributed by atoms with Crippen molar-refractivity contribution in [2.45, 2.75) is 12.8 Å². The number of rotatable bonds is 6. The van der Waals surface area contributed by atoms with Crippen LogP contribution >= 0.6 is 0 Å². The van der Waals surface area contributed by atoms with Gasteiger partial charge >= 0.3 is 0 Å². The number of aromatic nitrogens is 2. The second kappa shape index (κ2) is 17.1. The predicted octanol–water partition coefficient (Wildman–Crippen LogP) is 20.9. The number of fused-ring (bicyclic) bond motifs is 13. The van der Waals surface area contributed by atoms with Crippen molar-refractivity contribution in [1.82, 2.24) is 9.13 Å². The van der Waals surface area contributed by atoms with Gasteiger partial charge in [-0.05, 0) is 132 Å². The van der Waals surface area contributed by atoms with E-state index in [9.17, 15) is 0 Å². The summed E-state index contributed by atoms with van der Waals surface area (Å²) in [4.78, 5) is 0. The minimum absolute atomic E-state index is 0.869. The average Bonchev–Trinajstić information content (AvgIpc) is 4.37. The Morgan fingerprint density at radius 1 is 0.316 bits per heavy atom. The van der Waals surface area contributed by atoms with Crippen molar-refractivity contribution in [1.29, 1.82) is 0 Å². The first kappa shape index (κ1) is 44.0. The van der Waals surface area contributed by atoms with Crippen LogP contribution in [0.3, 0.4) is 0 Å². The normalized spacial score (nSPS) is 12.7. The van der Waals surface area contributed by atoms with Crippen molar-refractivity contribution in [2.24, 2.45) is 0 Å². The Hall–Kier alpha value is -10.2. The number of aryl methyl sites for hydroxylation is 1. The van der Waals surface area contributed by atoms with Gasteiger partial charge in [0.05, 0.1) is 16.6 Å². The van der Waals surface area contributed by atoms with Crippen LogP contribution in [0, 0.1) is 0 Å². The summed E-state index contributed by atoms with van der Waals surface area (Å²) in [5.74, 6) is 0. The summed E-state index contributed by atoms with van der Waals surface area (Å²) >= 11 is 0. The van der Waals surface area contributed by atoms with E-state index < -0.39 is 0 Å². The van der Waals surface area contributed by atoms with Crippen LogP contribution in [0.5, 0.6) is 0 Å². The van der Waals surface area contributed by atoms with Gasteiger partial charge in [-0.15, -0.1) is 0 Å². The van der Waals surface area contributed by atoms with E-state index in [1.807, 2.05) is 0 Å². The average molecular weight is 1010 g/mol. The highest BCUT2D eigenvalue weighted by atomic mass is 16.3. The molecule has 1 aliphatic rings. The molecule has 17 rings (SSSR count). The van der Waals surface area contributed by atoms with E-state index in [4.69, 9.17) is 4.42 Å². The van der Waals surface area contributed by atoms with Crippen molar-refractivity contribution in [3.05, 3.63) is 272 Å². The van der Waals surface area contributed by atoms with Crippen molar-refractivity contribution in [3.8, 4) is 55.9 Å². The molecule has 79 heavy (non-hydrogen) atoms. The Labute approximate surface area is 455 Å². The molecule has 3 aromatic heterocycles. The predicted molar refractivity (Wildman–Crippen MR) is 334 cm³/mol. The lowest BCUT2D eigenvalue weighted by molar-refractivity contribution is 0.670. The van der Waals surface area contributed by atoms with E-state index in [0.717, 1.165) is 51.6 Å².